The lowest BCUT2D eigenvalue weighted by Crippen LogP contribution is -2.53. The number of benzene rings is 3. The molecule has 3 aromatic carbocycles. The first-order valence-electron chi connectivity index (χ1n) is 20.6. The molecule has 9 rings (SSSR count). The van der Waals surface area contributed by atoms with E-state index >= 15 is 9.59 Å². The van der Waals surface area contributed by atoms with E-state index in [9.17, 15) is 27.9 Å². The summed E-state index contributed by atoms with van der Waals surface area (Å²) in [5, 5.41) is 11.5. The summed E-state index contributed by atoms with van der Waals surface area (Å²) in [5.74, 6) is -6.71. The van der Waals surface area contributed by atoms with Gasteiger partial charge in [-0.3, -0.25) is 34.4 Å². The van der Waals surface area contributed by atoms with Crippen LogP contribution in [0.25, 0.3) is 0 Å². The molecule has 2 N–H and O–H groups in total. The molecule has 4 aromatic rings. The van der Waals surface area contributed by atoms with Crippen molar-refractivity contribution >= 4 is 52.6 Å². The Morgan fingerprint density at radius 2 is 1.65 bits per heavy atom. The van der Waals surface area contributed by atoms with Gasteiger partial charge in [-0.2, -0.15) is 18.2 Å². The van der Waals surface area contributed by atoms with Crippen molar-refractivity contribution in [1.29, 1.82) is 0 Å². The number of hydrazine groups is 1. The number of carbonyl (C=O) groups is 4. The Morgan fingerprint density at radius 3 is 2.32 bits per heavy atom. The second kappa shape index (κ2) is 16.0. The minimum atomic E-state index is -4.75. The van der Waals surface area contributed by atoms with Gasteiger partial charge < -0.3 is 9.84 Å². The molecule has 16 heteroatoms. The molecule has 4 heterocycles. The highest BCUT2D eigenvalue weighted by atomic mass is 35.5. The van der Waals surface area contributed by atoms with Crippen LogP contribution in [0.1, 0.15) is 60.8 Å². The fourth-order valence-corrected chi connectivity index (χ4v) is 11.0. The van der Waals surface area contributed by atoms with Crippen LogP contribution in [0.4, 0.5) is 19.0 Å². The Kier molecular flexibility index (Phi) is 10.8. The van der Waals surface area contributed by atoms with E-state index in [1.54, 1.807) is 43.3 Å². The summed E-state index contributed by atoms with van der Waals surface area (Å²) in [7, 11) is 0. The number of imide groups is 2. The lowest BCUT2D eigenvalue weighted by Gasteiger charge is -2.50. The molecule has 3 saturated heterocycles. The van der Waals surface area contributed by atoms with Crippen molar-refractivity contribution < 1.29 is 42.2 Å². The molecular formula is C46H42Cl2F3N5O6. The lowest BCUT2D eigenvalue weighted by atomic mass is 9.49. The number of anilines is 1. The summed E-state index contributed by atoms with van der Waals surface area (Å²) in [4.78, 5) is 67.5. The van der Waals surface area contributed by atoms with Crippen LogP contribution in [0.5, 0.6) is 11.5 Å². The highest BCUT2D eigenvalue weighted by molar-refractivity contribution is 6.33. The van der Waals surface area contributed by atoms with Crippen molar-refractivity contribution in [3.63, 3.8) is 0 Å². The van der Waals surface area contributed by atoms with E-state index in [1.807, 2.05) is 24.3 Å². The fraction of sp³-hybridized carbons (Fsp3) is 0.370. The number of aromatic hydroxyl groups is 1. The number of fused-ring (bicyclic) bond motifs is 4. The monoisotopic (exact) mass is 887 g/mol. The maximum absolute atomic E-state index is 15.5. The number of halogens is 5. The minimum absolute atomic E-state index is 0.0121. The smallest absolute Gasteiger partial charge is 0.417 e. The summed E-state index contributed by atoms with van der Waals surface area (Å²) in [6.07, 6.45) is -0.845. The van der Waals surface area contributed by atoms with Gasteiger partial charge in [-0.15, -0.1) is 0 Å². The van der Waals surface area contributed by atoms with Gasteiger partial charge in [0.2, 0.25) is 11.8 Å². The first-order chi connectivity index (χ1) is 29.7. The van der Waals surface area contributed by atoms with E-state index in [0.29, 0.717) is 59.9 Å². The number of carbonyl (C=O) groups excluding carboxylic acids is 4. The van der Waals surface area contributed by atoms with Crippen molar-refractivity contribution in [3.8, 4) is 11.5 Å². The van der Waals surface area contributed by atoms with Gasteiger partial charge in [-0.05, 0) is 85.5 Å². The molecule has 0 spiro atoms. The van der Waals surface area contributed by atoms with Crippen LogP contribution in [-0.2, 0) is 37.3 Å². The number of phenols is 1. The third-order valence-corrected chi connectivity index (χ3v) is 13.9. The van der Waals surface area contributed by atoms with Crippen LogP contribution in [0, 0.1) is 23.7 Å². The van der Waals surface area contributed by atoms with E-state index in [2.05, 4.69) is 27.4 Å². The Balaban J connectivity index is 1.13. The molecule has 62 heavy (non-hydrogen) atoms. The lowest BCUT2D eigenvalue weighted by molar-refractivity contribution is -0.144. The molecule has 322 valence electrons. The van der Waals surface area contributed by atoms with Crippen molar-refractivity contribution in [1.82, 2.24) is 19.8 Å². The highest BCUT2D eigenvalue weighted by Gasteiger charge is 2.70. The fourth-order valence-electron chi connectivity index (χ4n) is 10.7. The molecule has 6 atom stereocenters. The number of amides is 4. The number of hydrogen-bond acceptors (Lipinski definition) is 9. The number of phenolic OH excluding ortho intramolecular Hbond substituents is 1. The zero-order valence-electron chi connectivity index (χ0n) is 33.4. The molecule has 3 aliphatic heterocycles. The van der Waals surface area contributed by atoms with Crippen molar-refractivity contribution in [3.05, 3.63) is 129 Å². The van der Waals surface area contributed by atoms with Crippen LogP contribution >= 0.6 is 23.2 Å². The summed E-state index contributed by atoms with van der Waals surface area (Å²) in [6, 6.07) is 21.7. The molecule has 11 nitrogen and oxygen atoms in total. The normalized spacial score (nSPS) is 26.6. The predicted octanol–water partition coefficient (Wildman–Crippen LogP) is 8.16. The molecule has 0 bridgehead atoms. The highest BCUT2D eigenvalue weighted by Crippen LogP contribution is 2.64. The molecular weight excluding hydrogens is 846 g/mol. The Bertz CT molecular complexity index is 2480. The zero-order chi connectivity index (χ0) is 43.7. The van der Waals surface area contributed by atoms with Crippen LogP contribution in [0.15, 0.2) is 96.7 Å². The minimum Gasteiger partial charge on any atom is -0.504 e. The van der Waals surface area contributed by atoms with Gasteiger partial charge in [0.25, 0.3) is 11.8 Å². The second-order valence-corrected chi connectivity index (χ2v) is 17.5. The molecule has 4 amide bonds. The second-order valence-electron chi connectivity index (χ2n) is 16.6. The van der Waals surface area contributed by atoms with Crippen LogP contribution < -0.4 is 10.2 Å². The summed E-state index contributed by atoms with van der Waals surface area (Å²) in [6.45, 7) is 4.12. The van der Waals surface area contributed by atoms with E-state index in [1.165, 1.54) is 16.5 Å². The number of allylic oxidation sites excluding steroid dienone is 2. The average molecular weight is 889 g/mol. The standard InChI is InChI=1S/C46H42Cl2F3N5O6/c1-2-62-37-20-26(8-15-36(37)57)39-31-13-14-32-38(43(60)55(41(32)58)30-16-18-54(19-17-30)24-25-6-4-3-5-7-25)33(31)22-34-42(59)56(44(61)45(34,39)27-9-11-29(47)12-10-27)53-40-35(48)21-28(23-52-40)46(49,50)51/h3-13,15,20-21,23,30,32-34,38-39,57H,2,14,16-19,22,24H2,1H3,(H,52,53)/t32-,33+,34-,38-,39-,45+/m0/s1. The SMILES string of the molecule is CCOc1cc([C@H]2C3=CC[C@@H]4C(=O)N(C5CCN(Cc6ccccc6)CC5)C(=O)[C@@H]4[C@@H]3C[C@H]3C(=O)N(Nc4ncc(C(F)(F)F)cc4Cl)C(=O)[C@@]23c2ccc(Cl)cc2)ccc1O. The topological polar surface area (TPSA) is 132 Å². The number of likely N-dealkylation sites (tertiary alicyclic amines) is 2. The van der Waals surface area contributed by atoms with Crippen molar-refractivity contribution in [2.45, 2.75) is 62.7 Å². The maximum Gasteiger partial charge on any atom is 0.417 e. The van der Waals surface area contributed by atoms with Gasteiger partial charge in [-0.25, -0.2) is 4.98 Å². The van der Waals surface area contributed by atoms with Crippen LogP contribution in [-0.4, -0.2) is 74.3 Å². The van der Waals surface area contributed by atoms with E-state index in [-0.39, 0.29) is 54.6 Å². The van der Waals surface area contributed by atoms with Crippen LogP contribution in [0.2, 0.25) is 10.0 Å². The Labute approximate surface area is 365 Å². The van der Waals surface area contributed by atoms with Crippen LogP contribution in [0.3, 0.4) is 0 Å². The molecule has 0 unspecified atom stereocenters. The molecule has 4 fully saturated rings. The molecule has 2 aliphatic carbocycles. The summed E-state index contributed by atoms with van der Waals surface area (Å²) < 4.78 is 46.6. The largest absolute Gasteiger partial charge is 0.504 e. The average Bonchev–Trinajstić information content (AvgIpc) is 3.63. The van der Waals surface area contributed by atoms with Gasteiger partial charge in [0, 0.05) is 42.8 Å². The van der Waals surface area contributed by atoms with Gasteiger partial charge in [-0.1, -0.05) is 83.4 Å². The maximum atomic E-state index is 15.5. The first-order valence-corrected chi connectivity index (χ1v) is 21.4. The summed E-state index contributed by atoms with van der Waals surface area (Å²) >= 11 is 12.7. The number of ether oxygens (including phenoxy) is 1. The van der Waals surface area contributed by atoms with E-state index in [0.717, 1.165) is 11.6 Å². The number of nitrogens with zero attached hydrogens (tertiary/aromatic N) is 4. The number of hydrogen-bond donors (Lipinski definition) is 2. The number of aromatic nitrogens is 1. The van der Waals surface area contributed by atoms with Gasteiger partial charge >= 0.3 is 6.18 Å². The first kappa shape index (κ1) is 41.9. The molecule has 0 radical (unpaired) electrons. The van der Waals surface area contributed by atoms with Crippen molar-refractivity contribution in [2.24, 2.45) is 23.7 Å². The predicted molar refractivity (Wildman–Crippen MR) is 223 cm³/mol. The third-order valence-electron chi connectivity index (χ3n) is 13.4. The van der Waals surface area contributed by atoms with Crippen molar-refractivity contribution in [2.75, 3.05) is 25.1 Å². The number of alkyl halides is 3. The number of nitrogens with one attached hydrogen (secondary N) is 1. The van der Waals surface area contributed by atoms with Gasteiger partial charge in [0.05, 0.1) is 40.4 Å². The molecule has 5 aliphatic rings. The van der Waals surface area contributed by atoms with E-state index < -0.39 is 63.6 Å². The quantitative estimate of drug-likeness (QED) is 0.126. The number of pyridine rings is 1. The Hall–Kier alpha value is -5.44. The Morgan fingerprint density at radius 1 is 0.919 bits per heavy atom. The molecule has 1 aromatic heterocycles. The van der Waals surface area contributed by atoms with Gasteiger partial charge in [0.1, 0.15) is 0 Å². The van der Waals surface area contributed by atoms with E-state index in [4.69, 9.17) is 27.9 Å². The molecule has 1 saturated carbocycles. The van der Waals surface area contributed by atoms with Gasteiger partial charge in [0.15, 0.2) is 17.3 Å². The summed E-state index contributed by atoms with van der Waals surface area (Å²) in [5.41, 5.74) is 2.57. The number of piperidine rings is 1. The zero-order valence-corrected chi connectivity index (χ0v) is 35.0. The number of rotatable bonds is 9. The third kappa shape index (κ3) is 6.90.